The fraction of sp³-hybridized carbons (Fsp3) is 0.273. The highest BCUT2D eigenvalue weighted by molar-refractivity contribution is 9.10. The Kier molecular flexibility index (Phi) is 3.38. The van der Waals surface area contributed by atoms with E-state index in [9.17, 15) is 10.1 Å². The van der Waals surface area contributed by atoms with Crippen molar-refractivity contribution >= 4 is 21.6 Å². The predicted molar refractivity (Wildman–Crippen MR) is 71.3 cm³/mol. The summed E-state index contributed by atoms with van der Waals surface area (Å²) in [5.74, 6) is 0.531. The predicted octanol–water partition coefficient (Wildman–Crippen LogP) is 2.60. The maximum absolute atomic E-state index is 10.8. The lowest BCUT2D eigenvalue weighted by Crippen LogP contribution is -2.30. The van der Waals surface area contributed by atoms with Gasteiger partial charge in [0.15, 0.2) is 5.82 Å². The largest absolute Gasteiger partial charge is 0.334 e. The molecule has 0 aliphatic heterocycles. The Hall–Kier alpha value is -1.80. The summed E-state index contributed by atoms with van der Waals surface area (Å²) in [4.78, 5) is 14.5. The number of nitro groups is 1. The first-order chi connectivity index (χ1) is 8.77. The number of non-ortho nitro benzene ring substituents is 1. The highest BCUT2D eigenvalue weighted by atomic mass is 79.9. The molecule has 1 heterocycles. The molecule has 2 aromatic rings. The van der Waals surface area contributed by atoms with E-state index in [1.54, 1.807) is 19.9 Å². The average molecular weight is 327 g/mol. The van der Waals surface area contributed by atoms with Crippen LogP contribution in [0.5, 0.6) is 0 Å². The van der Waals surface area contributed by atoms with Crippen molar-refractivity contribution < 1.29 is 9.45 Å². The van der Waals surface area contributed by atoms with Gasteiger partial charge in [-0.1, -0.05) is 21.1 Å². The first-order valence-electron chi connectivity index (χ1n) is 5.36. The molecular formula is C11H11BrN4O3. The van der Waals surface area contributed by atoms with Crippen LogP contribution in [0.15, 0.2) is 27.2 Å². The van der Waals surface area contributed by atoms with Crippen molar-refractivity contribution in [3.63, 3.8) is 0 Å². The molecule has 0 bridgehead atoms. The van der Waals surface area contributed by atoms with Crippen molar-refractivity contribution in [3.8, 4) is 11.5 Å². The first-order valence-corrected chi connectivity index (χ1v) is 6.15. The van der Waals surface area contributed by atoms with Gasteiger partial charge in [0, 0.05) is 22.2 Å². The van der Waals surface area contributed by atoms with Gasteiger partial charge in [0.2, 0.25) is 0 Å². The number of nitro benzene ring substituents is 1. The summed E-state index contributed by atoms with van der Waals surface area (Å²) in [6.07, 6.45) is 0. The number of benzene rings is 1. The van der Waals surface area contributed by atoms with Crippen LogP contribution in [0.2, 0.25) is 0 Å². The summed E-state index contributed by atoms with van der Waals surface area (Å²) in [5.41, 5.74) is 5.52. The van der Waals surface area contributed by atoms with E-state index in [4.69, 9.17) is 10.3 Å². The zero-order chi connectivity index (χ0) is 14.2. The third-order valence-corrected chi connectivity index (χ3v) is 2.80. The molecule has 1 aromatic heterocycles. The van der Waals surface area contributed by atoms with Gasteiger partial charge in [0.05, 0.1) is 10.5 Å². The second kappa shape index (κ2) is 4.71. The topological polar surface area (TPSA) is 108 Å². The summed E-state index contributed by atoms with van der Waals surface area (Å²) in [7, 11) is 0. The van der Waals surface area contributed by atoms with E-state index in [0.717, 1.165) is 0 Å². The molecular weight excluding hydrogens is 316 g/mol. The Morgan fingerprint density at radius 1 is 1.42 bits per heavy atom. The van der Waals surface area contributed by atoms with Crippen LogP contribution in [-0.2, 0) is 5.54 Å². The second-order valence-electron chi connectivity index (χ2n) is 4.60. The van der Waals surface area contributed by atoms with Gasteiger partial charge in [-0.15, -0.1) is 0 Å². The molecule has 100 valence electrons. The molecule has 19 heavy (non-hydrogen) atoms. The molecule has 0 radical (unpaired) electrons. The number of hydrogen-bond acceptors (Lipinski definition) is 6. The molecule has 0 fully saturated rings. The molecule has 0 unspecified atom stereocenters. The average Bonchev–Trinajstić information content (AvgIpc) is 2.76. The molecule has 2 N–H and O–H groups in total. The molecule has 0 aliphatic carbocycles. The lowest BCUT2D eigenvalue weighted by molar-refractivity contribution is -0.384. The van der Waals surface area contributed by atoms with Gasteiger partial charge in [-0.2, -0.15) is 4.98 Å². The van der Waals surface area contributed by atoms with E-state index in [1.807, 2.05) is 0 Å². The Balaban J connectivity index is 2.47. The molecule has 8 heteroatoms. The number of aromatic nitrogens is 2. The molecule has 0 spiro atoms. The minimum atomic E-state index is -0.736. The maximum atomic E-state index is 10.8. The van der Waals surface area contributed by atoms with Gasteiger partial charge in [0.25, 0.3) is 11.6 Å². The fourth-order valence-electron chi connectivity index (χ4n) is 1.41. The molecule has 1 aromatic carbocycles. The number of hydrogen-bond donors (Lipinski definition) is 1. The normalized spacial score (nSPS) is 11.6. The van der Waals surface area contributed by atoms with Crippen molar-refractivity contribution in [2.75, 3.05) is 0 Å². The van der Waals surface area contributed by atoms with E-state index >= 15 is 0 Å². The lowest BCUT2D eigenvalue weighted by atomic mass is 10.1. The standard InChI is InChI=1S/C11H11BrN4O3/c1-11(2,13)10-14-9(19-15-10)6-3-7(12)5-8(4-6)16(17)18/h3-5H,13H2,1-2H3. The van der Waals surface area contributed by atoms with Gasteiger partial charge < -0.3 is 10.3 Å². The molecule has 7 nitrogen and oxygen atoms in total. The fourth-order valence-corrected chi connectivity index (χ4v) is 1.89. The highest BCUT2D eigenvalue weighted by Gasteiger charge is 2.23. The number of halogens is 1. The van der Waals surface area contributed by atoms with E-state index in [1.165, 1.54) is 12.1 Å². The lowest BCUT2D eigenvalue weighted by Gasteiger charge is -2.11. The van der Waals surface area contributed by atoms with Crippen LogP contribution in [0.3, 0.4) is 0 Å². The summed E-state index contributed by atoms with van der Waals surface area (Å²) in [6.45, 7) is 3.48. The summed E-state index contributed by atoms with van der Waals surface area (Å²) < 4.78 is 5.64. The highest BCUT2D eigenvalue weighted by Crippen LogP contribution is 2.28. The molecule has 0 atom stereocenters. The molecule has 2 rings (SSSR count). The van der Waals surface area contributed by atoms with Gasteiger partial charge in [-0.25, -0.2) is 0 Å². The Morgan fingerprint density at radius 3 is 2.63 bits per heavy atom. The number of nitrogens with zero attached hydrogens (tertiary/aromatic N) is 3. The van der Waals surface area contributed by atoms with E-state index in [2.05, 4.69) is 26.1 Å². The summed E-state index contributed by atoms with van der Waals surface area (Å²) in [5, 5.41) is 14.6. The third-order valence-electron chi connectivity index (χ3n) is 2.34. The van der Waals surface area contributed by atoms with Crippen LogP contribution in [0.1, 0.15) is 19.7 Å². The maximum Gasteiger partial charge on any atom is 0.271 e. The number of nitrogens with two attached hydrogens (primary N) is 1. The van der Waals surface area contributed by atoms with Crippen molar-refractivity contribution in [1.82, 2.24) is 10.1 Å². The van der Waals surface area contributed by atoms with Crippen LogP contribution >= 0.6 is 15.9 Å². The van der Waals surface area contributed by atoms with Gasteiger partial charge in [0.1, 0.15) is 0 Å². The Labute approximate surface area is 117 Å². The summed E-state index contributed by atoms with van der Waals surface area (Å²) in [6, 6.07) is 4.42. The van der Waals surface area contributed by atoms with Gasteiger partial charge >= 0.3 is 0 Å². The van der Waals surface area contributed by atoms with E-state index in [-0.39, 0.29) is 11.6 Å². The first kappa shape index (κ1) is 13.6. The Morgan fingerprint density at radius 2 is 2.11 bits per heavy atom. The van der Waals surface area contributed by atoms with Crippen LogP contribution in [-0.4, -0.2) is 15.1 Å². The van der Waals surface area contributed by atoms with Crippen molar-refractivity contribution in [1.29, 1.82) is 0 Å². The third kappa shape index (κ3) is 2.96. The zero-order valence-corrected chi connectivity index (χ0v) is 11.8. The quantitative estimate of drug-likeness (QED) is 0.686. The minimum Gasteiger partial charge on any atom is -0.334 e. The Bertz CT molecular complexity index is 633. The molecule has 0 saturated heterocycles. The van der Waals surface area contributed by atoms with Crippen LogP contribution in [0.25, 0.3) is 11.5 Å². The van der Waals surface area contributed by atoms with Gasteiger partial charge in [-0.05, 0) is 19.9 Å². The minimum absolute atomic E-state index is 0.0591. The molecule has 0 saturated carbocycles. The van der Waals surface area contributed by atoms with E-state index < -0.39 is 10.5 Å². The number of rotatable bonds is 3. The summed E-state index contributed by atoms with van der Waals surface area (Å²) >= 11 is 3.21. The SMILES string of the molecule is CC(C)(N)c1noc(-c2cc(Br)cc([N+](=O)[O-])c2)n1. The molecule has 0 aliphatic rings. The smallest absolute Gasteiger partial charge is 0.271 e. The van der Waals surface area contributed by atoms with Gasteiger partial charge in [-0.3, -0.25) is 10.1 Å². The van der Waals surface area contributed by atoms with Crippen molar-refractivity contribution in [2.45, 2.75) is 19.4 Å². The van der Waals surface area contributed by atoms with Crippen molar-refractivity contribution in [2.24, 2.45) is 5.73 Å². The second-order valence-corrected chi connectivity index (χ2v) is 5.52. The van der Waals surface area contributed by atoms with Crippen LogP contribution < -0.4 is 5.73 Å². The van der Waals surface area contributed by atoms with Crippen LogP contribution in [0.4, 0.5) is 5.69 Å². The monoisotopic (exact) mass is 326 g/mol. The van der Waals surface area contributed by atoms with Crippen molar-refractivity contribution in [3.05, 3.63) is 38.6 Å². The molecule has 0 amide bonds. The zero-order valence-electron chi connectivity index (χ0n) is 10.3. The van der Waals surface area contributed by atoms with E-state index in [0.29, 0.717) is 15.9 Å². The van der Waals surface area contributed by atoms with Crippen LogP contribution in [0, 0.1) is 10.1 Å².